The van der Waals surface area contributed by atoms with Gasteiger partial charge < -0.3 is 14.6 Å². The maximum Gasteiger partial charge on any atom is 0.407 e. The highest BCUT2D eigenvalue weighted by molar-refractivity contribution is 5.79. The lowest BCUT2D eigenvalue weighted by Crippen LogP contribution is -2.26. The number of rotatable bonds is 6. The van der Waals surface area contributed by atoms with Gasteiger partial charge in [0.1, 0.15) is 12.4 Å². The third-order valence-corrected chi connectivity index (χ3v) is 5.06. The van der Waals surface area contributed by atoms with E-state index in [1.807, 2.05) is 47.2 Å². The molecule has 1 N–H and O–H groups in total. The van der Waals surface area contributed by atoms with E-state index < -0.39 is 6.09 Å². The van der Waals surface area contributed by atoms with Gasteiger partial charge in [0.05, 0.1) is 0 Å². The molecule has 28 heavy (non-hydrogen) atoms. The van der Waals surface area contributed by atoms with Crippen LogP contribution in [0.5, 0.6) is 0 Å². The van der Waals surface area contributed by atoms with Gasteiger partial charge in [-0.05, 0) is 35.3 Å². The van der Waals surface area contributed by atoms with Crippen molar-refractivity contribution in [2.24, 2.45) is 0 Å². The molecular formula is C23H23N3O2. The van der Waals surface area contributed by atoms with Gasteiger partial charge in [0.2, 0.25) is 0 Å². The summed E-state index contributed by atoms with van der Waals surface area (Å²) in [5.74, 6) is 0.947. The van der Waals surface area contributed by atoms with Crippen LogP contribution < -0.4 is 5.32 Å². The Balaban J connectivity index is 1.34. The van der Waals surface area contributed by atoms with E-state index in [0.717, 1.165) is 12.4 Å². The SMILES string of the molecule is CCn1ccnc1C=CCNC(=O)OCC1c2ccccc2-c2ccccc21. The van der Waals surface area contributed by atoms with Gasteiger partial charge in [-0.25, -0.2) is 9.78 Å². The topological polar surface area (TPSA) is 56.2 Å². The van der Waals surface area contributed by atoms with Crippen LogP contribution >= 0.6 is 0 Å². The number of nitrogens with zero attached hydrogens (tertiary/aromatic N) is 2. The van der Waals surface area contributed by atoms with Crippen LogP contribution in [0.3, 0.4) is 0 Å². The monoisotopic (exact) mass is 373 g/mol. The number of carbonyl (C=O) groups excluding carboxylic acids is 1. The molecule has 4 rings (SSSR count). The molecule has 5 heteroatoms. The summed E-state index contributed by atoms with van der Waals surface area (Å²) < 4.78 is 7.55. The van der Waals surface area contributed by atoms with Gasteiger partial charge in [-0.3, -0.25) is 0 Å². The predicted molar refractivity (Wildman–Crippen MR) is 110 cm³/mol. The van der Waals surface area contributed by atoms with E-state index in [1.54, 1.807) is 6.20 Å². The molecule has 2 aromatic carbocycles. The molecule has 0 saturated heterocycles. The molecule has 0 radical (unpaired) electrons. The summed E-state index contributed by atoms with van der Waals surface area (Å²) in [6, 6.07) is 16.6. The number of hydrogen-bond donors (Lipinski definition) is 1. The molecule has 0 unspecified atom stereocenters. The second kappa shape index (κ2) is 8.13. The lowest BCUT2D eigenvalue weighted by molar-refractivity contribution is 0.144. The van der Waals surface area contributed by atoms with Crippen LogP contribution in [0.1, 0.15) is 29.8 Å². The number of amides is 1. The summed E-state index contributed by atoms with van der Waals surface area (Å²) in [6.07, 6.45) is 7.05. The minimum absolute atomic E-state index is 0.0747. The fourth-order valence-corrected chi connectivity index (χ4v) is 3.70. The first kappa shape index (κ1) is 18.0. The van der Waals surface area contributed by atoms with Crippen molar-refractivity contribution in [3.63, 3.8) is 0 Å². The average Bonchev–Trinajstić information content (AvgIpc) is 3.32. The Kier molecular flexibility index (Phi) is 5.24. The van der Waals surface area contributed by atoms with E-state index in [9.17, 15) is 4.79 Å². The van der Waals surface area contributed by atoms with Gasteiger partial charge in [0.25, 0.3) is 0 Å². The zero-order valence-corrected chi connectivity index (χ0v) is 15.8. The van der Waals surface area contributed by atoms with E-state index >= 15 is 0 Å². The Morgan fingerprint density at radius 2 is 1.82 bits per heavy atom. The van der Waals surface area contributed by atoms with Gasteiger partial charge in [0.15, 0.2) is 0 Å². The molecule has 0 aliphatic heterocycles. The number of imidazole rings is 1. The van der Waals surface area contributed by atoms with Crippen molar-refractivity contribution in [2.45, 2.75) is 19.4 Å². The number of benzene rings is 2. The number of fused-ring (bicyclic) bond motifs is 3. The number of alkyl carbamates (subject to hydrolysis) is 1. The highest BCUT2D eigenvalue weighted by Gasteiger charge is 2.28. The number of hydrogen-bond acceptors (Lipinski definition) is 3. The maximum absolute atomic E-state index is 12.1. The van der Waals surface area contributed by atoms with Crippen LogP contribution in [0.15, 0.2) is 67.0 Å². The third kappa shape index (κ3) is 3.56. The molecule has 1 heterocycles. The van der Waals surface area contributed by atoms with E-state index in [-0.39, 0.29) is 5.92 Å². The molecule has 0 saturated carbocycles. The van der Waals surface area contributed by atoms with Crippen LogP contribution in [0.25, 0.3) is 17.2 Å². The van der Waals surface area contributed by atoms with Crippen molar-refractivity contribution in [3.05, 3.63) is 84.0 Å². The fourth-order valence-electron chi connectivity index (χ4n) is 3.70. The highest BCUT2D eigenvalue weighted by atomic mass is 16.5. The largest absolute Gasteiger partial charge is 0.449 e. The normalized spacial score (nSPS) is 12.8. The van der Waals surface area contributed by atoms with Gasteiger partial charge in [-0.15, -0.1) is 0 Å². The van der Waals surface area contributed by atoms with Crippen molar-refractivity contribution in [2.75, 3.05) is 13.2 Å². The molecule has 1 aliphatic rings. The van der Waals surface area contributed by atoms with Crippen molar-refractivity contribution >= 4 is 12.2 Å². The van der Waals surface area contributed by atoms with Crippen molar-refractivity contribution in [1.29, 1.82) is 0 Å². The third-order valence-electron chi connectivity index (χ3n) is 5.06. The highest BCUT2D eigenvalue weighted by Crippen LogP contribution is 2.44. The van der Waals surface area contributed by atoms with Crippen LogP contribution in [-0.2, 0) is 11.3 Å². The number of ether oxygens (including phenoxy) is 1. The summed E-state index contributed by atoms with van der Waals surface area (Å²) in [6.45, 7) is 3.64. The molecule has 142 valence electrons. The zero-order valence-electron chi connectivity index (χ0n) is 15.8. The van der Waals surface area contributed by atoms with Crippen molar-refractivity contribution < 1.29 is 9.53 Å². The molecule has 1 aromatic heterocycles. The molecule has 0 atom stereocenters. The zero-order chi connectivity index (χ0) is 19.3. The first-order valence-corrected chi connectivity index (χ1v) is 9.54. The van der Waals surface area contributed by atoms with E-state index in [1.165, 1.54) is 22.3 Å². The summed E-state index contributed by atoms with van der Waals surface area (Å²) in [5, 5.41) is 2.77. The van der Waals surface area contributed by atoms with Crippen LogP contribution in [-0.4, -0.2) is 28.8 Å². The first-order chi connectivity index (χ1) is 13.8. The smallest absolute Gasteiger partial charge is 0.407 e. The van der Waals surface area contributed by atoms with Gasteiger partial charge >= 0.3 is 6.09 Å². The minimum atomic E-state index is -0.412. The molecule has 3 aromatic rings. The molecule has 1 aliphatic carbocycles. The lowest BCUT2D eigenvalue weighted by atomic mass is 9.98. The summed E-state index contributed by atoms with van der Waals surface area (Å²) in [4.78, 5) is 16.4. The maximum atomic E-state index is 12.1. The van der Waals surface area contributed by atoms with E-state index in [2.05, 4.69) is 41.5 Å². The molecular weight excluding hydrogens is 350 g/mol. The molecule has 5 nitrogen and oxygen atoms in total. The molecule has 0 bridgehead atoms. The van der Waals surface area contributed by atoms with Crippen molar-refractivity contribution in [1.82, 2.24) is 14.9 Å². The Morgan fingerprint density at radius 1 is 1.14 bits per heavy atom. The first-order valence-electron chi connectivity index (χ1n) is 9.54. The van der Waals surface area contributed by atoms with E-state index in [4.69, 9.17) is 4.74 Å². The van der Waals surface area contributed by atoms with Crippen LogP contribution in [0.4, 0.5) is 4.79 Å². The summed E-state index contributed by atoms with van der Waals surface area (Å²) >= 11 is 0. The minimum Gasteiger partial charge on any atom is -0.449 e. The predicted octanol–water partition coefficient (Wildman–Crippen LogP) is 4.45. The van der Waals surface area contributed by atoms with Crippen molar-refractivity contribution in [3.8, 4) is 11.1 Å². The Morgan fingerprint density at radius 3 is 2.50 bits per heavy atom. The lowest BCUT2D eigenvalue weighted by Gasteiger charge is -2.14. The quantitative estimate of drug-likeness (QED) is 0.694. The average molecular weight is 373 g/mol. The summed E-state index contributed by atoms with van der Waals surface area (Å²) in [7, 11) is 0. The molecule has 0 fully saturated rings. The van der Waals surface area contributed by atoms with Gasteiger partial charge in [-0.1, -0.05) is 54.6 Å². The number of aromatic nitrogens is 2. The van der Waals surface area contributed by atoms with Gasteiger partial charge in [-0.2, -0.15) is 0 Å². The number of aryl methyl sites for hydroxylation is 1. The number of nitrogens with one attached hydrogen (secondary N) is 1. The standard InChI is InChI=1S/C23H23N3O2/c1-2-26-15-14-24-22(26)12-7-13-25-23(27)28-16-21-19-10-5-3-8-17(19)18-9-4-6-11-20(18)21/h3-12,14-15,21H,2,13,16H2,1H3,(H,25,27). The van der Waals surface area contributed by atoms with Gasteiger partial charge in [0, 0.05) is 31.4 Å². The Labute approximate surface area is 164 Å². The second-order valence-corrected chi connectivity index (χ2v) is 6.68. The molecule has 1 amide bonds. The van der Waals surface area contributed by atoms with Crippen LogP contribution in [0.2, 0.25) is 0 Å². The second-order valence-electron chi connectivity index (χ2n) is 6.68. The summed E-state index contributed by atoms with van der Waals surface area (Å²) in [5.41, 5.74) is 4.87. The van der Waals surface area contributed by atoms with E-state index in [0.29, 0.717) is 13.2 Å². The molecule has 0 spiro atoms. The number of carbonyl (C=O) groups is 1. The Hall–Kier alpha value is -3.34. The Bertz CT molecular complexity index is 961. The van der Waals surface area contributed by atoms with Crippen LogP contribution in [0, 0.1) is 0 Å². The fraction of sp³-hybridized carbons (Fsp3) is 0.217.